The summed E-state index contributed by atoms with van der Waals surface area (Å²) in [7, 11) is 1.38. The van der Waals surface area contributed by atoms with Crippen molar-refractivity contribution in [2.24, 2.45) is 0 Å². The number of benzene rings is 4. The number of ether oxygens (including phenoxy) is 2. The van der Waals surface area contributed by atoms with Crippen LogP contribution < -0.4 is 5.32 Å². The predicted octanol–water partition coefficient (Wildman–Crippen LogP) is 9.11. The average Bonchev–Trinajstić information content (AvgIpc) is 3.81. The second-order valence-corrected chi connectivity index (χ2v) is 15.4. The molecule has 1 fully saturated rings. The third-order valence-electron chi connectivity index (χ3n) is 8.52. The Morgan fingerprint density at radius 2 is 1.49 bits per heavy atom. The molecule has 1 amide bonds. The molecule has 7 nitrogen and oxygen atoms in total. The SMILES string of the molecule is COC(=O)c1ccc(NC[C@@H]2C[C@H](SC(c3ccccc3)(c3ccccc3)c3ccccc3)CN2C(=O)OC(C)(C)C)cc1-c1nccs1. The smallest absolute Gasteiger partial charge is 0.410 e. The van der Waals surface area contributed by atoms with E-state index in [1.807, 2.05) is 73.1 Å². The van der Waals surface area contributed by atoms with Crippen molar-refractivity contribution in [1.82, 2.24) is 9.88 Å². The number of aromatic nitrogens is 1. The van der Waals surface area contributed by atoms with Gasteiger partial charge in [-0.2, -0.15) is 0 Å². The van der Waals surface area contributed by atoms with Crippen LogP contribution in [0.25, 0.3) is 10.6 Å². The van der Waals surface area contributed by atoms with E-state index in [2.05, 4.69) is 83.1 Å². The largest absolute Gasteiger partial charge is 0.465 e. The standard InChI is InChI=1S/C40H41N3O4S2/c1-39(2,3)47-38(45)43-27-33(25-32(43)26-42-31-20-21-34(37(44)46-4)35(24-31)36-41-22-23-48-36)49-40(28-14-8-5-9-15-28,29-16-10-6-11-17-29)30-18-12-7-13-19-30/h5-24,32-33,42H,25-27H2,1-4H3/t32-,33-/m0/s1. The highest BCUT2D eigenvalue weighted by Crippen LogP contribution is 2.52. The highest BCUT2D eigenvalue weighted by atomic mass is 32.2. The van der Waals surface area contributed by atoms with Crippen molar-refractivity contribution in [2.75, 3.05) is 25.5 Å². The summed E-state index contributed by atoms with van der Waals surface area (Å²) in [5, 5.41) is 6.27. The summed E-state index contributed by atoms with van der Waals surface area (Å²) >= 11 is 3.36. The maximum atomic E-state index is 13.8. The lowest BCUT2D eigenvalue weighted by Crippen LogP contribution is -2.42. The Balaban J connectivity index is 1.33. The molecule has 1 aliphatic heterocycles. The number of likely N-dealkylation sites (tertiary alicyclic amines) is 1. The number of amides is 1. The summed E-state index contributed by atoms with van der Waals surface area (Å²) in [6.45, 7) is 6.73. The van der Waals surface area contributed by atoms with Gasteiger partial charge in [0.05, 0.1) is 23.5 Å². The van der Waals surface area contributed by atoms with E-state index in [0.717, 1.165) is 17.1 Å². The number of thiazole rings is 1. The molecule has 0 bridgehead atoms. The summed E-state index contributed by atoms with van der Waals surface area (Å²) in [5.74, 6) is -0.415. The molecule has 0 radical (unpaired) electrons. The van der Waals surface area contributed by atoms with Gasteiger partial charge in [-0.1, -0.05) is 91.0 Å². The number of anilines is 1. The molecular formula is C40H41N3O4S2. The predicted molar refractivity (Wildman–Crippen MR) is 199 cm³/mol. The maximum absolute atomic E-state index is 13.8. The van der Waals surface area contributed by atoms with Gasteiger partial charge in [-0.3, -0.25) is 0 Å². The number of nitrogens with one attached hydrogen (secondary N) is 1. The first-order chi connectivity index (χ1) is 23.7. The van der Waals surface area contributed by atoms with Gasteiger partial charge in [-0.15, -0.1) is 23.1 Å². The Morgan fingerprint density at radius 3 is 2.00 bits per heavy atom. The number of methoxy groups -OCH3 is 1. The Kier molecular flexibility index (Phi) is 10.4. The van der Waals surface area contributed by atoms with Crippen LogP contribution in [0.4, 0.5) is 10.5 Å². The molecule has 0 aliphatic carbocycles. The number of carbonyl (C=O) groups excluding carboxylic acids is 2. The van der Waals surface area contributed by atoms with E-state index in [9.17, 15) is 9.59 Å². The first-order valence-corrected chi connectivity index (χ1v) is 18.1. The van der Waals surface area contributed by atoms with Gasteiger partial charge in [-0.05, 0) is 62.1 Å². The van der Waals surface area contributed by atoms with Crippen LogP contribution in [0.3, 0.4) is 0 Å². The highest BCUT2D eigenvalue weighted by Gasteiger charge is 2.45. The monoisotopic (exact) mass is 691 g/mol. The fraction of sp³-hybridized carbons (Fsp3) is 0.275. The van der Waals surface area contributed by atoms with E-state index >= 15 is 0 Å². The molecule has 2 heterocycles. The molecule has 6 rings (SSSR count). The number of thioether (sulfide) groups is 1. The molecule has 49 heavy (non-hydrogen) atoms. The van der Waals surface area contributed by atoms with Gasteiger partial charge >= 0.3 is 12.1 Å². The van der Waals surface area contributed by atoms with Gasteiger partial charge in [0.15, 0.2) is 0 Å². The second-order valence-electron chi connectivity index (χ2n) is 13.0. The number of esters is 1. The Bertz CT molecular complexity index is 1750. The maximum Gasteiger partial charge on any atom is 0.410 e. The van der Waals surface area contributed by atoms with Gasteiger partial charge in [0, 0.05) is 41.2 Å². The molecular weight excluding hydrogens is 651 g/mol. The number of hydrogen-bond donors (Lipinski definition) is 1. The summed E-state index contributed by atoms with van der Waals surface area (Å²) in [6, 6.07) is 37.3. The first kappa shape index (κ1) is 34.3. The molecule has 0 saturated carbocycles. The topological polar surface area (TPSA) is 80.8 Å². The first-order valence-electron chi connectivity index (χ1n) is 16.4. The Hall–Kier alpha value is -4.60. The van der Waals surface area contributed by atoms with Crippen LogP contribution in [0.5, 0.6) is 0 Å². The number of carbonyl (C=O) groups is 2. The summed E-state index contributed by atoms with van der Waals surface area (Å²) < 4.78 is 10.5. The molecule has 4 aromatic carbocycles. The third kappa shape index (κ3) is 7.68. The molecule has 9 heteroatoms. The fourth-order valence-corrected chi connectivity index (χ4v) is 8.92. The van der Waals surface area contributed by atoms with Crippen molar-refractivity contribution < 1.29 is 19.1 Å². The van der Waals surface area contributed by atoms with Crippen molar-refractivity contribution in [3.05, 3.63) is 143 Å². The van der Waals surface area contributed by atoms with Crippen LogP contribution >= 0.6 is 23.1 Å². The van der Waals surface area contributed by atoms with Crippen LogP contribution in [0, 0.1) is 0 Å². The van der Waals surface area contributed by atoms with Gasteiger partial charge in [0.2, 0.25) is 0 Å². The molecule has 0 spiro atoms. The van der Waals surface area contributed by atoms with E-state index < -0.39 is 16.3 Å². The van der Waals surface area contributed by atoms with Gasteiger partial charge in [0.1, 0.15) is 10.6 Å². The molecule has 1 saturated heterocycles. The van der Waals surface area contributed by atoms with Crippen LogP contribution in [0.15, 0.2) is 121 Å². The van der Waals surface area contributed by atoms with Crippen molar-refractivity contribution >= 4 is 40.8 Å². The fourth-order valence-electron chi connectivity index (χ4n) is 6.38. The molecule has 1 aromatic heterocycles. The minimum absolute atomic E-state index is 0.0903. The van der Waals surface area contributed by atoms with Crippen molar-refractivity contribution in [2.45, 2.75) is 48.8 Å². The lowest BCUT2D eigenvalue weighted by molar-refractivity contribution is 0.0235. The Morgan fingerprint density at radius 1 is 0.898 bits per heavy atom. The number of rotatable bonds is 10. The van der Waals surface area contributed by atoms with Crippen LogP contribution in [-0.4, -0.2) is 59.0 Å². The summed E-state index contributed by atoms with van der Waals surface area (Å²) in [5.41, 5.74) is 4.90. The van der Waals surface area contributed by atoms with E-state index in [0.29, 0.717) is 24.2 Å². The molecule has 2 atom stereocenters. The van der Waals surface area contributed by atoms with Gasteiger partial charge in [-0.25, -0.2) is 14.6 Å². The summed E-state index contributed by atoms with van der Waals surface area (Å²) in [4.78, 5) is 32.7. The molecule has 252 valence electrons. The summed E-state index contributed by atoms with van der Waals surface area (Å²) in [6.07, 6.45) is 2.15. The van der Waals surface area contributed by atoms with Crippen LogP contribution in [0.1, 0.15) is 54.2 Å². The minimum atomic E-state index is -0.630. The van der Waals surface area contributed by atoms with Crippen LogP contribution in [-0.2, 0) is 14.2 Å². The highest BCUT2D eigenvalue weighted by molar-refractivity contribution is 8.01. The van der Waals surface area contributed by atoms with Crippen molar-refractivity contribution in [1.29, 1.82) is 0 Å². The third-order valence-corrected chi connectivity index (χ3v) is 11.1. The van der Waals surface area contributed by atoms with E-state index in [1.54, 1.807) is 12.3 Å². The average molecular weight is 692 g/mol. The van der Waals surface area contributed by atoms with Gasteiger partial charge < -0.3 is 19.7 Å². The van der Waals surface area contributed by atoms with Crippen molar-refractivity contribution in [3.8, 4) is 10.6 Å². The molecule has 0 unspecified atom stereocenters. The van der Waals surface area contributed by atoms with Gasteiger partial charge in [0.25, 0.3) is 0 Å². The quantitative estimate of drug-likeness (QED) is 0.116. The second kappa shape index (κ2) is 14.9. The molecule has 5 aromatic rings. The van der Waals surface area contributed by atoms with E-state index in [-0.39, 0.29) is 17.4 Å². The zero-order valence-electron chi connectivity index (χ0n) is 28.2. The molecule has 1 N–H and O–H groups in total. The molecule has 1 aliphatic rings. The van der Waals surface area contributed by atoms with E-state index in [4.69, 9.17) is 9.47 Å². The normalized spacial score (nSPS) is 16.3. The lowest BCUT2D eigenvalue weighted by atomic mass is 9.84. The number of hydrogen-bond acceptors (Lipinski definition) is 8. The minimum Gasteiger partial charge on any atom is -0.465 e. The van der Waals surface area contributed by atoms with Crippen LogP contribution in [0.2, 0.25) is 0 Å². The zero-order valence-corrected chi connectivity index (χ0v) is 29.8. The zero-order chi connectivity index (χ0) is 34.4. The number of nitrogens with zero attached hydrogens (tertiary/aromatic N) is 2. The lowest BCUT2D eigenvalue weighted by Gasteiger charge is -2.37. The van der Waals surface area contributed by atoms with Crippen molar-refractivity contribution in [3.63, 3.8) is 0 Å². The van der Waals surface area contributed by atoms with E-state index in [1.165, 1.54) is 35.1 Å². The Labute approximate surface area is 296 Å².